The molecule has 0 amide bonds. The summed E-state index contributed by atoms with van der Waals surface area (Å²) in [5, 5.41) is 4.19. The third kappa shape index (κ3) is 2.49. The number of hydrogen-bond donors (Lipinski definition) is 0. The summed E-state index contributed by atoms with van der Waals surface area (Å²) in [6.45, 7) is 4.77. The van der Waals surface area contributed by atoms with Gasteiger partial charge in [-0.15, -0.1) is 0 Å². The summed E-state index contributed by atoms with van der Waals surface area (Å²) >= 11 is 0. The van der Waals surface area contributed by atoms with Gasteiger partial charge in [0.05, 0.1) is 18.6 Å². The van der Waals surface area contributed by atoms with Gasteiger partial charge in [0, 0.05) is 32.6 Å². The molecule has 1 aromatic heterocycles. The van der Waals surface area contributed by atoms with Crippen LogP contribution in [0.3, 0.4) is 0 Å². The fourth-order valence-electron chi connectivity index (χ4n) is 4.33. The first kappa shape index (κ1) is 16.4. The van der Waals surface area contributed by atoms with E-state index in [0.717, 1.165) is 19.3 Å². The van der Waals surface area contributed by atoms with Gasteiger partial charge in [-0.3, -0.25) is 0 Å². The van der Waals surface area contributed by atoms with Crippen molar-refractivity contribution in [3.8, 4) is 0 Å². The predicted octanol–water partition coefficient (Wildman–Crippen LogP) is 0.563. The van der Waals surface area contributed by atoms with Crippen molar-refractivity contribution in [1.29, 1.82) is 0 Å². The molecule has 0 spiro atoms. The van der Waals surface area contributed by atoms with Crippen LogP contribution in [-0.4, -0.2) is 66.6 Å². The molecule has 3 aliphatic rings. The molecule has 4 rings (SSSR count). The average molecular weight is 356 g/mol. The number of hydrogen-bond acceptors (Lipinski definition) is 6. The summed E-state index contributed by atoms with van der Waals surface area (Å²) in [6.07, 6.45) is 3.73. The molecule has 1 aliphatic carbocycles. The van der Waals surface area contributed by atoms with Gasteiger partial charge in [0.15, 0.2) is 5.82 Å². The lowest BCUT2D eigenvalue weighted by Crippen LogP contribution is -2.48. The molecule has 0 radical (unpaired) electrons. The van der Waals surface area contributed by atoms with E-state index in [9.17, 15) is 8.42 Å². The smallest absolute Gasteiger partial charge is 0.282 e. The molecule has 0 bridgehead atoms. The van der Waals surface area contributed by atoms with Crippen molar-refractivity contribution in [3.05, 3.63) is 11.7 Å². The minimum absolute atomic E-state index is 0.274. The fraction of sp³-hybridized carbons (Fsp3) is 0.867. The highest BCUT2D eigenvalue weighted by Crippen LogP contribution is 2.50. The lowest BCUT2D eigenvalue weighted by atomic mass is 9.80. The van der Waals surface area contributed by atoms with Crippen molar-refractivity contribution in [1.82, 2.24) is 18.8 Å². The van der Waals surface area contributed by atoms with E-state index >= 15 is 0 Å². The quantitative estimate of drug-likeness (QED) is 0.783. The number of ether oxygens (including phenoxy) is 1. The lowest BCUT2D eigenvalue weighted by molar-refractivity contribution is 0.0704. The molecule has 134 valence electrons. The first-order chi connectivity index (χ1) is 11.6. The molecular weight excluding hydrogens is 332 g/mol. The number of nitrogens with zero attached hydrogens (tertiary/aromatic N) is 4. The number of morpholine rings is 1. The summed E-state index contributed by atoms with van der Waals surface area (Å²) < 4.78 is 39.7. The summed E-state index contributed by atoms with van der Waals surface area (Å²) in [6, 6.07) is 0. The maximum Gasteiger partial charge on any atom is 0.282 e. The van der Waals surface area contributed by atoms with Gasteiger partial charge in [0.2, 0.25) is 5.89 Å². The molecule has 2 unspecified atom stereocenters. The van der Waals surface area contributed by atoms with Gasteiger partial charge < -0.3 is 9.26 Å². The molecule has 1 aromatic rings. The monoisotopic (exact) mass is 356 g/mol. The predicted molar refractivity (Wildman–Crippen MR) is 85.6 cm³/mol. The van der Waals surface area contributed by atoms with Crippen molar-refractivity contribution in [2.45, 2.75) is 38.0 Å². The molecule has 24 heavy (non-hydrogen) atoms. The van der Waals surface area contributed by atoms with Crippen LogP contribution in [0.1, 0.15) is 37.9 Å². The Balaban J connectivity index is 1.61. The number of aryl methyl sites for hydroxylation is 1. The first-order valence-corrected chi connectivity index (χ1v) is 10.1. The SMILES string of the molecule is CCc1nc(C23CCCC2CN(S(=O)(=O)N2CCOCC2)C3)no1. The van der Waals surface area contributed by atoms with Crippen molar-refractivity contribution >= 4 is 10.2 Å². The van der Waals surface area contributed by atoms with Crippen molar-refractivity contribution in [3.63, 3.8) is 0 Å². The van der Waals surface area contributed by atoms with Crippen LogP contribution in [0.5, 0.6) is 0 Å². The maximum absolute atomic E-state index is 13.0. The second-order valence-corrected chi connectivity index (χ2v) is 8.85. The Morgan fingerprint density at radius 3 is 2.79 bits per heavy atom. The molecule has 2 saturated heterocycles. The molecule has 2 atom stereocenters. The summed E-state index contributed by atoms with van der Waals surface area (Å²) in [4.78, 5) is 4.54. The van der Waals surface area contributed by atoms with E-state index in [-0.39, 0.29) is 11.3 Å². The third-order valence-electron chi connectivity index (χ3n) is 5.68. The third-order valence-corrected chi connectivity index (χ3v) is 7.63. The Morgan fingerprint density at radius 1 is 1.29 bits per heavy atom. The minimum Gasteiger partial charge on any atom is -0.379 e. The van der Waals surface area contributed by atoms with E-state index in [0.29, 0.717) is 57.5 Å². The minimum atomic E-state index is -3.45. The number of rotatable bonds is 4. The largest absolute Gasteiger partial charge is 0.379 e. The summed E-state index contributed by atoms with van der Waals surface area (Å²) in [5.74, 6) is 1.59. The van der Waals surface area contributed by atoms with E-state index < -0.39 is 10.2 Å². The van der Waals surface area contributed by atoms with Crippen molar-refractivity contribution < 1.29 is 17.7 Å². The van der Waals surface area contributed by atoms with Crippen LogP contribution < -0.4 is 0 Å². The summed E-state index contributed by atoms with van der Waals surface area (Å²) in [7, 11) is -3.45. The van der Waals surface area contributed by atoms with Crippen LogP contribution in [0, 0.1) is 5.92 Å². The zero-order valence-electron chi connectivity index (χ0n) is 14.0. The van der Waals surface area contributed by atoms with E-state index in [1.807, 2.05) is 6.92 Å². The second-order valence-electron chi connectivity index (χ2n) is 6.92. The Hall–Kier alpha value is -1.03. The Bertz CT molecular complexity index is 700. The van der Waals surface area contributed by atoms with E-state index in [2.05, 4.69) is 10.1 Å². The topological polar surface area (TPSA) is 88.8 Å². The molecule has 3 heterocycles. The zero-order chi connectivity index (χ0) is 16.8. The molecule has 1 saturated carbocycles. The van der Waals surface area contributed by atoms with Crippen LogP contribution in [-0.2, 0) is 26.8 Å². The zero-order valence-corrected chi connectivity index (χ0v) is 14.8. The first-order valence-electron chi connectivity index (χ1n) is 8.72. The molecule has 8 nitrogen and oxygen atoms in total. The molecule has 0 aromatic carbocycles. The van der Waals surface area contributed by atoms with E-state index in [4.69, 9.17) is 9.26 Å². The van der Waals surface area contributed by atoms with Crippen molar-refractivity contribution in [2.75, 3.05) is 39.4 Å². The highest BCUT2D eigenvalue weighted by molar-refractivity contribution is 7.86. The van der Waals surface area contributed by atoms with Gasteiger partial charge in [-0.2, -0.15) is 22.0 Å². The summed E-state index contributed by atoms with van der Waals surface area (Å²) in [5.41, 5.74) is -0.281. The average Bonchev–Trinajstić information content (AvgIpc) is 3.29. The molecule has 3 fully saturated rings. The second kappa shape index (κ2) is 6.05. The molecule has 9 heteroatoms. The highest BCUT2D eigenvalue weighted by atomic mass is 32.2. The van der Waals surface area contributed by atoms with Crippen molar-refractivity contribution in [2.24, 2.45) is 5.92 Å². The van der Waals surface area contributed by atoms with Crippen LogP contribution in [0.15, 0.2) is 4.52 Å². The molecule has 0 N–H and O–H groups in total. The van der Waals surface area contributed by atoms with Gasteiger partial charge in [-0.25, -0.2) is 0 Å². The Labute approximate surface area is 142 Å². The van der Waals surface area contributed by atoms with Gasteiger partial charge in [-0.1, -0.05) is 18.5 Å². The van der Waals surface area contributed by atoms with Crippen LogP contribution in [0.2, 0.25) is 0 Å². The van der Waals surface area contributed by atoms with Gasteiger partial charge in [-0.05, 0) is 18.8 Å². The highest BCUT2D eigenvalue weighted by Gasteiger charge is 2.56. The standard InChI is InChI=1S/C15H24N4O4S/c1-2-13-16-14(17-23-13)15-5-3-4-12(15)10-19(11-15)24(20,21)18-6-8-22-9-7-18/h12H,2-11H2,1H3. The van der Waals surface area contributed by atoms with Gasteiger partial charge >= 0.3 is 0 Å². The Morgan fingerprint density at radius 2 is 2.08 bits per heavy atom. The fourth-order valence-corrected chi connectivity index (χ4v) is 6.02. The lowest BCUT2D eigenvalue weighted by Gasteiger charge is -2.31. The van der Waals surface area contributed by atoms with Gasteiger partial charge in [0.1, 0.15) is 0 Å². The van der Waals surface area contributed by atoms with E-state index in [1.54, 1.807) is 8.61 Å². The molecular formula is C15H24N4O4S. The van der Waals surface area contributed by atoms with Crippen LogP contribution in [0.4, 0.5) is 0 Å². The Kier molecular flexibility index (Phi) is 4.14. The van der Waals surface area contributed by atoms with E-state index in [1.165, 1.54) is 0 Å². The van der Waals surface area contributed by atoms with Crippen LogP contribution >= 0.6 is 0 Å². The van der Waals surface area contributed by atoms with Gasteiger partial charge in [0.25, 0.3) is 10.2 Å². The number of fused-ring (bicyclic) bond motifs is 1. The van der Waals surface area contributed by atoms with Crippen LogP contribution in [0.25, 0.3) is 0 Å². The maximum atomic E-state index is 13.0. The normalized spacial score (nSPS) is 32.3. The number of aromatic nitrogens is 2. The molecule has 2 aliphatic heterocycles.